The van der Waals surface area contributed by atoms with Crippen molar-refractivity contribution in [3.63, 3.8) is 0 Å². The molecule has 1 aliphatic rings. The van der Waals surface area contributed by atoms with Crippen LogP contribution in [0.2, 0.25) is 0 Å². The van der Waals surface area contributed by atoms with Crippen molar-refractivity contribution in [1.82, 2.24) is 4.90 Å². The molecule has 50 valence electrons. The van der Waals surface area contributed by atoms with E-state index in [0.717, 1.165) is 16.7 Å². The monoisotopic (exact) mass is 165 g/mol. The quantitative estimate of drug-likeness (QED) is 0.428. The van der Waals surface area contributed by atoms with Crippen LogP contribution in [0.15, 0.2) is 0 Å². The Bertz CT molecular complexity index is 145. The molecule has 0 saturated carbocycles. The van der Waals surface area contributed by atoms with Gasteiger partial charge in [0.25, 0.3) is 5.24 Å². The smallest absolute Gasteiger partial charge is 0.273 e. The van der Waals surface area contributed by atoms with Crippen molar-refractivity contribution in [3.8, 4) is 0 Å². The van der Waals surface area contributed by atoms with Gasteiger partial charge in [0.05, 0.1) is 5.75 Å². The van der Waals surface area contributed by atoms with E-state index in [4.69, 9.17) is 11.6 Å². The van der Waals surface area contributed by atoms with E-state index in [1.807, 2.05) is 0 Å². The lowest BCUT2D eigenvalue weighted by atomic mass is 10.6. The fraction of sp³-hybridized carbons (Fsp3) is 0.500. The second-order valence-electron chi connectivity index (χ2n) is 1.50. The van der Waals surface area contributed by atoms with Gasteiger partial charge in [-0.3, -0.25) is 14.5 Å². The number of carbonyl (C=O) groups excluding carboxylic acids is 2. The third-order valence-electron chi connectivity index (χ3n) is 0.960. The van der Waals surface area contributed by atoms with Crippen LogP contribution in [0.4, 0.5) is 4.79 Å². The summed E-state index contributed by atoms with van der Waals surface area (Å²) in [4.78, 5) is 22.2. The third kappa shape index (κ3) is 1.19. The number of alkyl halides is 1. The fourth-order valence-electron chi connectivity index (χ4n) is 0.497. The van der Waals surface area contributed by atoms with Gasteiger partial charge >= 0.3 is 0 Å². The summed E-state index contributed by atoms with van der Waals surface area (Å²) in [6, 6.07) is -0.0231. The molecule has 5 heteroatoms. The van der Waals surface area contributed by atoms with Crippen LogP contribution >= 0.6 is 23.4 Å². The largest absolute Gasteiger partial charge is 0.289 e. The van der Waals surface area contributed by atoms with E-state index in [1.54, 1.807) is 0 Å². The van der Waals surface area contributed by atoms with Gasteiger partial charge < -0.3 is 0 Å². The molecule has 2 amide bonds. The van der Waals surface area contributed by atoms with Crippen molar-refractivity contribution in [2.24, 2.45) is 0 Å². The third-order valence-corrected chi connectivity index (χ3v) is 2.06. The van der Waals surface area contributed by atoms with Gasteiger partial charge in [-0.15, -0.1) is 11.6 Å². The summed E-state index contributed by atoms with van der Waals surface area (Å²) in [5.74, 6) is 0.0472. The Kier molecular flexibility index (Phi) is 1.97. The van der Waals surface area contributed by atoms with Crippen molar-refractivity contribution in [2.75, 3.05) is 11.8 Å². The summed E-state index contributed by atoms with van der Waals surface area (Å²) in [6.07, 6.45) is 0. The molecule has 1 saturated heterocycles. The molecule has 0 N–H and O–H groups in total. The molecule has 0 bridgehead atoms. The van der Waals surface area contributed by atoms with Gasteiger partial charge in [0.1, 0.15) is 6.00 Å². The number of halogens is 1. The number of carbonyl (C=O) groups is 2. The first-order valence-corrected chi connectivity index (χ1v) is 3.81. The van der Waals surface area contributed by atoms with E-state index in [0.29, 0.717) is 0 Å². The number of amides is 2. The molecule has 1 rings (SSSR count). The molecule has 0 aromatic heterocycles. The van der Waals surface area contributed by atoms with Crippen molar-refractivity contribution in [2.45, 2.75) is 0 Å². The van der Waals surface area contributed by atoms with Gasteiger partial charge in [-0.1, -0.05) is 11.8 Å². The van der Waals surface area contributed by atoms with Gasteiger partial charge in [-0.05, 0) is 0 Å². The zero-order valence-electron chi connectivity index (χ0n) is 4.46. The SMILES string of the molecule is O=C1CSC(=O)N1CCl. The highest BCUT2D eigenvalue weighted by molar-refractivity contribution is 8.14. The second kappa shape index (κ2) is 2.58. The topological polar surface area (TPSA) is 37.4 Å². The van der Waals surface area contributed by atoms with Crippen molar-refractivity contribution in [1.29, 1.82) is 0 Å². The number of nitrogens with zero attached hydrogens (tertiary/aromatic N) is 1. The Balaban J connectivity index is 2.66. The summed E-state index contributed by atoms with van der Waals surface area (Å²) < 4.78 is 0. The summed E-state index contributed by atoms with van der Waals surface area (Å²) in [5, 5.41) is -0.241. The Hall–Kier alpha value is -0.220. The first-order valence-electron chi connectivity index (χ1n) is 2.29. The van der Waals surface area contributed by atoms with Crippen molar-refractivity contribution >= 4 is 34.5 Å². The predicted molar refractivity (Wildman–Crippen MR) is 35.4 cm³/mol. The van der Waals surface area contributed by atoms with E-state index in [9.17, 15) is 9.59 Å². The zero-order valence-corrected chi connectivity index (χ0v) is 6.04. The van der Waals surface area contributed by atoms with Crippen LogP contribution in [0.25, 0.3) is 0 Å². The van der Waals surface area contributed by atoms with Crippen LogP contribution in [0.5, 0.6) is 0 Å². The molecule has 0 aromatic carbocycles. The summed E-state index contributed by atoms with van der Waals surface area (Å²) in [5.41, 5.74) is 0. The van der Waals surface area contributed by atoms with Crippen LogP contribution in [-0.2, 0) is 4.79 Å². The Morgan fingerprint density at radius 1 is 1.67 bits per heavy atom. The molecule has 0 unspecified atom stereocenters. The normalized spacial score (nSPS) is 19.4. The molecule has 1 fully saturated rings. The van der Waals surface area contributed by atoms with Crippen molar-refractivity contribution in [3.05, 3.63) is 0 Å². The molecule has 0 aliphatic carbocycles. The summed E-state index contributed by atoms with van der Waals surface area (Å²) in [7, 11) is 0. The maximum atomic E-state index is 10.6. The number of hydrogen-bond acceptors (Lipinski definition) is 3. The summed E-state index contributed by atoms with van der Waals surface area (Å²) >= 11 is 6.26. The van der Waals surface area contributed by atoms with Crippen LogP contribution in [0.1, 0.15) is 0 Å². The average Bonchev–Trinajstić information content (AvgIpc) is 2.12. The molecule has 0 aromatic rings. The maximum Gasteiger partial charge on any atom is 0.289 e. The van der Waals surface area contributed by atoms with Crippen LogP contribution in [0, 0.1) is 0 Å². The molecule has 0 atom stereocenters. The van der Waals surface area contributed by atoms with Crippen LogP contribution < -0.4 is 0 Å². The molecule has 9 heavy (non-hydrogen) atoms. The van der Waals surface area contributed by atoms with E-state index in [2.05, 4.69) is 0 Å². The van der Waals surface area contributed by atoms with Crippen LogP contribution in [0.3, 0.4) is 0 Å². The van der Waals surface area contributed by atoms with Crippen molar-refractivity contribution < 1.29 is 9.59 Å². The van der Waals surface area contributed by atoms with Gasteiger partial charge in [0.15, 0.2) is 0 Å². The second-order valence-corrected chi connectivity index (χ2v) is 2.66. The number of hydrogen-bond donors (Lipinski definition) is 0. The molecule has 1 aliphatic heterocycles. The molecule has 0 radical (unpaired) electrons. The maximum absolute atomic E-state index is 10.6. The minimum Gasteiger partial charge on any atom is -0.273 e. The zero-order chi connectivity index (χ0) is 6.85. The van der Waals surface area contributed by atoms with E-state index in [1.165, 1.54) is 0 Å². The van der Waals surface area contributed by atoms with E-state index in [-0.39, 0.29) is 22.9 Å². The highest BCUT2D eigenvalue weighted by Gasteiger charge is 2.28. The molecule has 1 heterocycles. The number of thioether (sulfide) groups is 1. The average molecular weight is 166 g/mol. The van der Waals surface area contributed by atoms with Gasteiger partial charge in [-0.2, -0.15) is 0 Å². The minimum absolute atomic E-state index is 0.0231. The first kappa shape index (κ1) is 6.89. The first-order chi connectivity index (χ1) is 4.25. The molecule has 3 nitrogen and oxygen atoms in total. The standard InChI is InChI=1S/C4H4ClNO2S/c5-2-6-3(7)1-9-4(6)8/h1-2H2. The van der Waals surface area contributed by atoms with E-state index >= 15 is 0 Å². The molecular formula is C4H4ClNO2S. The highest BCUT2D eigenvalue weighted by atomic mass is 35.5. The molecule has 0 spiro atoms. The number of rotatable bonds is 1. The Morgan fingerprint density at radius 2 is 2.33 bits per heavy atom. The molecular weight excluding hydrogens is 162 g/mol. The Morgan fingerprint density at radius 3 is 2.56 bits per heavy atom. The predicted octanol–water partition coefficient (Wildman–Crippen LogP) is 0.878. The van der Waals surface area contributed by atoms with Crippen LogP contribution in [-0.4, -0.2) is 27.8 Å². The number of imide groups is 1. The van der Waals surface area contributed by atoms with Gasteiger partial charge in [0.2, 0.25) is 5.91 Å². The minimum atomic E-state index is -0.241. The lowest BCUT2D eigenvalue weighted by Crippen LogP contribution is -2.26. The lowest BCUT2D eigenvalue weighted by molar-refractivity contribution is -0.123. The fourth-order valence-corrected chi connectivity index (χ4v) is 1.53. The van der Waals surface area contributed by atoms with Gasteiger partial charge in [-0.25, -0.2) is 0 Å². The summed E-state index contributed by atoms with van der Waals surface area (Å²) in [6.45, 7) is 0. The lowest BCUT2D eigenvalue weighted by Gasteiger charge is -2.04. The van der Waals surface area contributed by atoms with Gasteiger partial charge in [0, 0.05) is 0 Å². The highest BCUT2D eigenvalue weighted by Crippen LogP contribution is 2.18. The Labute approximate surface area is 61.3 Å². The van der Waals surface area contributed by atoms with E-state index < -0.39 is 0 Å².